The number of nitrogens with zero attached hydrogens (tertiary/aromatic N) is 1. The van der Waals surface area contributed by atoms with Crippen molar-refractivity contribution in [1.29, 1.82) is 0 Å². The Kier molecular flexibility index (Phi) is 1.92. The molecule has 0 saturated carbocycles. The molecule has 1 heterocycles. The Morgan fingerprint density at radius 3 is 2.80 bits per heavy atom. The molecule has 0 spiro atoms. The summed E-state index contributed by atoms with van der Waals surface area (Å²) in [5.41, 5.74) is -0.126. The van der Waals surface area contributed by atoms with E-state index in [9.17, 15) is 4.79 Å². The van der Waals surface area contributed by atoms with Gasteiger partial charge in [-0.25, -0.2) is 0 Å². The summed E-state index contributed by atoms with van der Waals surface area (Å²) in [4.78, 5) is 10.8. The van der Waals surface area contributed by atoms with Gasteiger partial charge in [-0.15, -0.1) is 0 Å². The Bertz CT molecular complexity index is 303. The molecule has 0 fully saturated rings. The average Bonchev–Trinajstić information content (AvgIpc) is 1.94. The standard InChI is InChI=1S/C7H6ClNO/c1-2-9-5-6(8)3-4-7(9)10/h2-5H,1H2. The lowest BCUT2D eigenvalue weighted by atomic mass is 10.5. The first-order valence-corrected chi connectivity index (χ1v) is 3.12. The van der Waals surface area contributed by atoms with Crippen LogP contribution in [0.15, 0.2) is 29.7 Å². The molecule has 0 atom stereocenters. The van der Waals surface area contributed by atoms with Gasteiger partial charge in [-0.2, -0.15) is 0 Å². The summed E-state index contributed by atoms with van der Waals surface area (Å²) in [6, 6.07) is 2.94. The zero-order chi connectivity index (χ0) is 7.56. The lowest BCUT2D eigenvalue weighted by Crippen LogP contribution is -2.11. The minimum Gasteiger partial charge on any atom is -0.290 e. The molecular weight excluding hydrogens is 150 g/mol. The van der Waals surface area contributed by atoms with E-state index >= 15 is 0 Å². The van der Waals surface area contributed by atoms with Gasteiger partial charge in [-0.1, -0.05) is 18.2 Å². The summed E-state index contributed by atoms with van der Waals surface area (Å²) in [7, 11) is 0. The van der Waals surface area contributed by atoms with Crippen molar-refractivity contribution in [2.24, 2.45) is 0 Å². The molecule has 0 saturated heterocycles. The quantitative estimate of drug-likeness (QED) is 0.604. The van der Waals surface area contributed by atoms with Crippen LogP contribution in [0.2, 0.25) is 5.02 Å². The summed E-state index contributed by atoms with van der Waals surface area (Å²) in [6.45, 7) is 3.44. The average molecular weight is 156 g/mol. The highest BCUT2D eigenvalue weighted by molar-refractivity contribution is 6.30. The Balaban J connectivity index is 3.35. The van der Waals surface area contributed by atoms with Crippen LogP contribution in [-0.4, -0.2) is 4.57 Å². The van der Waals surface area contributed by atoms with E-state index in [2.05, 4.69) is 6.58 Å². The first-order chi connectivity index (χ1) is 4.74. The molecule has 0 aromatic carbocycles. The molecule has 2 nitrogen and oxygen atoms in total. The second kappa shape index (κ2) is 2.71. The summed E-state index contributed by atoms with van der Waals surface area (Å²) in [5, 5.41) is 0.527. The van der Waals surface area contributed by atoms with Gasteiger partial charge in [0, 0.05) is 18.5 Å². The van der Waals surface area contributed by atoms with Crippen LogP contribution < -0.4 is 5.56 Å². The number of hydrogen-bond donors (Lipinski definition) is 0. The van der Waals surface area contributed by atoms with Crippen LogP contribution in [0.1, 0.15) is 0 Å². The van der Waals surface area contributed by atoms with Gasteiger partial charge < -0.3 is 0 Å². The molecular formula is C7H6ClNO. The van der Waals surface area contributed by atoms with E-state index in [1.54, 1.807) is 6.07 Å². The van der Waals surface area contributed by atoms with Crippen LogP contribution in [0.5, 0.6) is 0 Å². The summed E-state index contributed by atoms with van der Waals surface area (Å²) >= 11 is 5.59. The molecule has 0 unspecified atom stereocenters. The van der Waals surface area contributed by atoms with Crippen LogP contribution >= 0.6 is 11.6 Å². The molecule has 3 heteroatoms. The number of hydrogen-bond acceptors (Lipinski definition) is 1. The molecule has 1 aromatic heterocycles. The van der Waals surface area contributed by atoms with Gasteiger partial charge in [0.15, 0.2) is 0 Å². The molecule has 0 aliphatic carbocycles. The maximum absolute atomic E-state index is 10.8. The Hall–Kier alpha value is -1.02. The maximum Gasteiger partial charge on any atom is 0.254 e. The lowest BCUT2D eigenvalue weighted by molar-refractivity contribution is 1.06. The maximum atomic E-state index is 10.8. The van der Waals surface area contributed by atoms with Crippen molar-refractivity contribution in [3.05, 3.63) is 40.3 Å². The number of halogens is 1. The first kappa shape index (κ1) is 7.09. The van der Waals surface area contributed by atoms with Crippen LogP contribution in [0, 0.1) is 0 Å². The largest absolute Gasteiger partial charge is 0.290 e. The predicted molar refractivity (Wildman–Crippen MR) is 42.1 cm³/mol. The van der Waals surface area contributed by atoms with Crippen LogP contribution in [0.4, 0.5) is 0 Å². The highest BCUT2D eigenvalue weighted by Gasteiger charge is 1.89. The molecule has 0 radical (unpaired) electrons. The van der Waals surface area contributed by atoms with E-state index in [1.807, 2.05) is 0 Å². The molecule has 0 bridgehead atoms. The zero-order valence-electron chi connectivity index (χ0n) is 5.25. The Morgan fingerprint density at radius 2 is 2.30 bits per heavy atom. The summed E-state index contributed by atoms with van der Waals surface area (Å²) in [6.07, 6.45) is 2.92. The van der Waals surface area contributed by atoms with E-state index in [1.165, 1.54) is 23.0 Å². The third kappa shape index (κ3) is 1.28. The van der Waals surface area contributed by atoms with Gasteiger partial charge in [0.05, 0.1) is 5.02 Å². The minimum absolute atomic E-state index is 0.126. The van der Waals surface area contributed by atoms with E-state index < -0.39 is 0 Å². The van der Waals surface area contributed by atoms with E-state index in [-0.39, 0.29) is 5.56 Å². The smallest absolute Gasteiger partial charge is 0.254 e. The van der Waals surface area contributed by atoms with Crippen LogP contribution in [-0.2, 0) is 0 Å². The Labute approximate surface area is 63.4 Å². The predicted octanol–water partition coefficient (Wildman–Crippen LogP) is 1.60. The van der Waals surface area contributed by atoms with Crippen molar-refractivity contribution in [2.45, 2.75) is 0 Å². The van der Waals surface area contributed by atoms with Crippen LogP contribution in [0.3, 0.4) is 0 Å². The van der Waals surface area contributed by atoms with Crippen molar-refractivity contribution in [3.8, 4) is 0 Å². The van der Waals surface area contributed by atoms with Gasteiger partial charge in [-0.3, -0.25) is 9.36 Å². The third-order valence-corrected chi connectivity index (χ3v) is 1.32. The molecule has 0 aliphatic rings. The highest BCUT2D eigenvalue weighted by Crippen LogP contribution is 2.02. The van der Waals surface area contributed by atoms with Crippen LogP contribution in [0.25, 0.3) is 6.20 Å². The van der Waals surface area contributed by atoms with Crippen molar-refractivity contribution in [2.75, 3.05) is 0 Å². The van der Waals surface area contributed by atoms with Gasteiger partial charge in [0.1, 0.15) is 0 Å². The fourth-order valence-electron chi connectivity index (χ4n) is 0.619. The minimum atomic E-state index is -0.126. The summed E-state index contributed by atoms with van der Waals surface area (Å²) < 4.78 is 1.32. The molecule has 1 rings (SSSR count). The zero-order valence-corrected chi connectivity index (χ0v) is 6.01. The molecule has 10 heavy (non-hydrogen) atoms. The second-order valence-corrected chi connectivity index (χ2v) is 2.21. The molecule has 0 aliphatic heterocycles. The second-order valence-electron chi connectivity index (χ2n) is 1.78. The van der Waals surface area contributed by atoms with Crippen molar-refractivity contribution >= 4 is 17.8 Å². The molecule has 0 amide bonds. The Morgan fingerprint density at radius 1 is 1.60 bits per heavy atom. The van der Waals surface area contributed by atoms with Crippen molar-refractivity contribution in [1.82, 2.24) is 4.57 Å². The highest BCUT2D eigenvalue weighted by atomic mass is 35.5. The van der Waals surface area contributed by atoms with E-state index in [0.29, 0.717) is 5.02 Å². The van der Waals surface area contributed by atoms with Gasteiger partial charge in [0.2, 0.25) is 0 Å². The number of aromatic nitrogens is 1. The first-order valence-electron chi connectivity index (χ1n) is 2.74. The molecule has 52 valence electrons. The van der Waals surface area contributed by atoms with Gasteiger partial charge >= 0.3 is 0 Å². The third-order valence-electron chi connectivity index (χ3n) is 1.10. The SMILES string of the molecule is C=Cn1cc(Cl)ccc1=O. The number of pyridine rings is 1. The topological polar surface area (TPSA) is 22.0 Å². The van der Waals surface area contributed by atoms with Gasteiger partial charge in [-0.05, 0) is 6.07 Å². The van der Waals surface area contributed by atoms with Gasteiger partial charge in [0.25, 0.3) is 5.56 Å². The number of rotatable bonds is 1. The monoisotopic (exact) mass is 155 g/mol. The fraction of sp³-hybridized carbons (Fsp3) is 0. The normalized spacial score (nSPS) is 9.30. The van der Waals surface area contributed by atoms with E-state index in [4.69, 9.17) is 11.6 Å². The van der Waals surface area contributed by atoms with Crippen molar-refractivity contribution < 1.29 is 0 Å². The van der Waals surface area contributed by atoms with E-state index in [0.717, 1.165) is 0 Å². The van der Waals surface area contributed by atoms with Crippen molar-refractivity contribution in [3.63, 3.8) is 0 Å². The molecule has 1 aromatic rings. The summed E-state index contributed by atoms with van der Waals surface area (Å²) in [5.74, 6) is 0. The fourth-order valence-corrected chi connectivity index (χ4v) is 0.787. The lowest BCUT2D eigenvalue weighted by Gasteiger charge is -1.95. The molecule has 0 N–H and O–H groups in total.